The maximum atomic E-state index is 12.9. The zero-order valence-corrected chi connectivity index (χ0v) is 16.6. The first-order valence-electron chi connectivity index (χ1n) is 9.22. The number of amides is 1. The quantitative estimate of drug-likeness (QED) is 0.718. The highest BCUT2D eigenvalue weighted by Crippen LogP contribution is 2.35. The summed E-state index contributed by atoms with van der Waals surface area (Å²) in [6, 6.07) is 8.13. The predicted molar refractivity (Wildman–Crippen MR) is 101 cm³/mol. The molecular formula is C19H28N6O2. The topological polar surface area (TPSA) is 76.4 Å². The van der Waals surface area contributed by atoms with Crippen molar-refractivity contribution in [3.63, 3.8) is 0 Å². The molecule has 0 bridgehead atoms. The molecule has 1 fully saturated rings. The first-order valence-corrected chi connectivity index (χ1v) is 9.22. The molecular weight excluding hydrogens is 344 g/mol. The third kappa shape index (κ3) is 4.01. The van der Waals surface area contributed by atoms with Crippen LogP contribution >= 0.6 is 0 Å². The second-order valence-corrected chi connectivity index (χ2v) is 7.37. The standard InChI is InChI=1S/C19H28N6O2/c1-15-5-7-16(8-6-15)13-17(26)24-10-9-19(14-24,23(2)3)18-20-21-22-25(18)11-12-27-4/h5-8H,9-14H2,1-4H3. The molecule has 3 rings (SSSR count). The number of aromatic nitrogens is 4. The Balaban J connectivity index is 1.76. The van der Waals surface area contributed by atoms with Crippen LogP contribution in [0.1, 0.15) is 23.4 Å². The molecule has 8 nitrogen and oxygen atoms in total. The van der Waals surface area contributed by atoms with Crippen LogP contribution < -0.4 is 0 Å². The first-order chi connectivity index (χ1) is 13.0. The molecule has 1 aromatic heterocycles. The summed E-state index contributed by atoms with van der Waals surface area (Å²) in [5, 5.41) is 12.3. The molecule has 146 valence electrons. The van der Waals surface area contributed by atoms with Crippen LogP contribution in [0.25, 0.3) is 0 Å². The molecule has 1 aliphatic rings. The SMILES string of the molecule is COCCn1nnnc1C1(N(C)C)CCN(C(=O)Cc2ccc(C)cc2)C1. The zero-order valence-electron chi connectivity index (χ0n) is 16.6. The van der Waals surface area contributed by atoms with Crippen LogP contribution in [0.5, 0.6) is 0 Å². The van der Waals surface area contributed by atoms with Crippen molar-refractivity contribution in [3.8, 4) is 0 Å². The van der Waals surface area contributed by atoms with Crippen LogP contribution in [0.4, 0.5) is 0 Å². The van der Waals surface area contributed by atoms with Gasteiger partial charge in [0.15, 0.2) is 5.82 Å². The average Bonchev–Trinajstić information content (AvgIpc) is 3.29. The maximum Gasteiger partial charge on any atom is 0.227 e. The lowest BCUT2D eigenvalue weighted by molar-refractivity contribution is -0.130. The number of benzene rings is 1. The molecule has 0 aliphatic carbocycles. The van der Waals surface area contributed by atoms with Gasteiger partial charge in [-0.05, 0) is 43.4 Å². The van der Waals surface area contributed by atoms with E-state index in [1.165, 1.54) is 5.56 Å². The molecule has 1 aliphatic heterocycles. The second kappa shape index (κ2) is 8.14. The van der Waals surface area contributed by atoms with Crippen LogP contribution in [0, 0.1) is 6.92 Å². The van der Waals surface area contributed by atoms with Gasteiger partial charge in [-0.2, -0.15) is 0 Å². The summed E-state index contributed by atoms with van der Waals surface area (Å²) in [7, 11) is 5.69. The number of carbonyl (C=O) groups is 1. The third-order valence-electron chi connectivity index (χ3n) is 5.39. The highest BCUT2D eigenvalue weighted by atomic mass is 16.5. The summed E-state index contributed by atoms with van der Waals surface area (Å²) in [6.07, 6.45) is 1.21. The van der Waals surface area contributed by atoms with Crippen LogP contribution in [0.15, 0.2) is 24.3 Å². The molecule has 27 heavy (non-hydrogen) atoms. The number of aryl methyl sites for hydroxylation is 1. The highest BCUT2D eigenvalue weighted by molar-refractivity contribution is 5.79. The Labute approximate surface area is 160 Å². The van der Waals surface area contributed by atoms with E-state index in [0.717, 1.165) is 17.8 Å². The van der Waals surface area contributed by atoms with Gasteiger partial charge >= 0.3 is 0 Å². The van der Waals surface area contributed by atoms with Crippen molar-refractivity contribution in [2.45, 2.75) is 31.8 Å². The molecule has 2 heterocycles. The van der Waals surface area contributed by atoms with Crippen molar-refractivity contribution >= 4 is 5.91 Å². The Morgan fingerprint density at radius 2 is 2.04 bits per heavy atom. The fourth-order valence-corrected chi connectivity index (χ4v) is 3.61. The molecule has 0 radical (unpaired) electrons. The van der Waals surface area contributed by atoms with Crippen molar-refractivity contribution in [3.05, 3.63) is 41.2 Å². The summed E-state index contributed by atoms with van der Waals surface area (Å²) in [4.78, 5) is 16.9. The minimum absolute atomic E-state index is 0.137. The molecule has 8 heteroatoms. The largest absolute Gasteiger partial charge is 0.383 e. The minimum Gasteiger partial charge on any atom is -0.383 e. The molecule has 1 unspecified atom stereocenters. The molecule has 2 aromatic rings. The molecule has 0 saturated carbocycles. The molecule has 1 atom stereocenters. The number of carbonyl (C=O) groups excluding carboxylic acids is 1. The van der Waals surface area contributed by atoms with E-state index in [4.69, 9.17) is 4.74 Å². The number of likely N-dealkylation sites (tertiary alicyclic amines) is 1. The van der Waals surface area contributed by atoms with Crippen molar-refractivity contribution in [1.29, 1.82) is 0 Å². The van der Waals surface area contributed by atoms with Crippen molar-refractivity contribution in [2.75, 3.05) is 40.9 Å². The number of tetrazole rings is 1. The minimum atomic E-state index is -0.389. The number of nitrogens with zero attached hydrogens (tertiary/aromatic N) is 6. The zero-order chi connectivity index (χ0) is 19.4. The lowest BCUT2D eigenvalue weighted by Gasteiger charge is -2.34. The van der Waals surface area contributed by atoms with E-state index in [9.17, 15) is 4.79 Å². The Hall–Kier alpha value is -2.32. The van der Waals surface area contributed by atoms with Gasteiger partial charge in [-0.3, -0.25) is 9.69 Å². The second-order valence-electron chi connectivity index (χ2n) is 7.37. The number of methoxy groups -OCH3 is 1. The number of hydrogen-bond donors (Lipinski definition) is 0. The van der Waals surface area contributed by atoms with Gasteiger partial charge in [0.05, 0.1) is 19.6 Å². The lowest BCUT2D eigenvalue weighted by Crippen LogP contribution is -2.47. The smallest absolute Gasteiger partial charge is 0.227 e. The van der Waals surface area contributed by atoms with E-state index in [0.29, 0.717) is 32.7 Å². The summed E-state index contributed by atoms with van der Waals surface area (Å²) < 4.78 is 6.95. The van der Waals surface area contributed by atoms with Crippen molar-refractivity contribution in [2.24, 2.45) is 0 Å². The molecule has 0 N–H and O–H groups in total. The van der Waals surface area contributed by atoms with Gasteiger partial charge in [-0.15, -0.1) is 5.10 Å². The summed E-state index contributed by atoms with van der Waals surface area (Å²) >= 11 is 0. The Morgan fingerprint density at radius 3 is 2.70 bits per heavy atom. The predicted octanol–water partition coefficient (Wildman–Crippen LogP) is 0.860. The number of likely N-dealkylation sites (N-methyl/N-ethyl adjacent to an activating group) is 1. The number of ether oxygens (including phenoxy) is 1. The van der Waals surface area contributed by atoms with E-state index in [1.54, 1.807) is 11.8 Å². The summed E-state index contributed by atoms with van der Waals surface area (Å²) in [6.45, 7) is 4.45. The van der Waals surface area contributed by atoms with E-state index in [1.807, 2.05) is 50.2 Å². The summed E-state index contributed by atoms with van der Waals surface area (Å²) in [5.41, 5.74) is 1.85. The fourth-order valence-electron chi connectivity index (χ4n) is 3.61. The molecule has 1 amide bonds. The van der Waals surface area contributed by atoms with E-state index >= 15 is 0 Å². The Morgan fingerprint density at radius 1 is 1.30 bits per heavy atom. The molecule has 0 spiro atoms. The normalized spacial score (nSPS) is 19.8. The Kier molecular flexibility index (Phi) is 5.86. The summed E-state index contributed by atoms with van der Waals surface area (Å²) in [5.74, 6) is 0.925. The van der Waals surface area contributed by atoms with Crippen LogP contribution in [0.2, 0.25) is 0 Å². The lowest BCUT2D eigenvalue weighted by atomic mass is 9.96. The van der Waals surface area contributed by atoms with Crippen molar-refractivity contribution in [1.82, 2.24) is 30.0 Å². The van der Waals surface area contributed by atoms with Crippen LogP contribution in [-0.4, -0.2) is 76.8 Å². The monoisotopic (exact) mass is 372 g/mol. The van der Waals surface area contributed by atoms with Gasteiger partial charge in [0.1, 0.15) is 5.54 Å². The Bertz CT molecular complexity index is 773. The van der Waals surface area contributed by atoms with Gasteiger partial charge in [-0.25, -0.2) is 4.68 Å². The number of rotatable bonds is 7. The molecule has 1 aromatic carbocycles. The van der Waals surface area contributed by atoms with Crippen LogP contribution in [-0.2, 0) is 28.0 Å². The third-order valence-corrected chi connectivity index (χ3v) is 5.39. The van der Waals surface area contributed by atoms with E-state index < -0.39 is 0 Å². The van der Waals surface area contributed by atoms with Gasteiger partial charge in [0.25, 0.3) is 0 Å². The maximum absolute atomic E-state index is 12.9. The van der Waals surface area contributed by atoms with Gasteiger partial charge in [-0.1, -0.05) is 29.8 Å². The highest BCUT2D eigenvalue weighted by Gasteiger charge is 2.47. The van der Waals surface area contributed by atoms with Gasteiger partial charge in [0, 0.05) is 20.2 Å². The van der Waals surface area contributed by atoms with Crippen molar-refractivity contribution < 1.29 is 9.53 Å². The molecule has 1 saturated heterocycles. The van der Waals surface area contributed by atoms with Crippen LogP contribution in [0.3, 0.4) is 0 Å². The van der Waals surface area contributed by atoms with Gasteiger partial charge < -0.3 is 9.64 Å². The average molecular weight is 372 g/mol. The van der Waals surface area contributed by atoms with E-state index in [-0.39, 0.29) is 11.4 Å². The van der Waals surface area contributed by atoms with Gasteiger partial charge in [0.2, 0.25) is 5.91 Å². The first kappa shape index (κ1) is 19.4. The van der Waals surface area contributed by atoms with E-state index in [2.05, 4.69) is 20.4 Å². The fraction of sp³-hybridized carbons (Fsp3) is 0.579. The number of hydrogen-bond acceptors (Lipinski definition) is 6.